The molecule has 1 N–H and O–H groups in total. The van der Waals surface area contributed by atoms with Crippen LogP contribution >= 0.6 is 0 Å². The fourth-order valence-corrected chi connectivity index (χ4v) is 3.43. The van der Waals surface area contributed by atoms with Gasteiger partial charge in [0, 0.05) is 6.54 Å². The molecule has 0 radical (unpaired) electrons. The summed E-state index contributed by atoms with van der Waals surface area (Å²) in [5.41, 5.74) is 1.12. The molecule has 6 heteroatoms. The SMILES string of the molecule is CCC1(CC)C(=O)N(C(=O)NCc2ccccc2)C1O/N=C/c1ccccc1. The van der Waals surface area contributed by atoms with Crippen LogP contribution < -0.4 is 5.32 Å². The molecule has 1 saturated heterocycles. The van der Waals surface area contributed by atoms with Crippen LogP contribution in [0.4, 0.5) is 4.79 Å². The highest BCUT2D eigenvalue weighted by molar-refractivity contribution is 6.03. The highest BCUT2D eigenvalue weighted by atomic mass is 16.7. The molecule has 2 aromatic rings. The number of oxime groups is 1. The highest BCUT2D eigenvalue weighted by Crippen LogP contribution is 2.45. The minimum atomic E-state index is -0.724. The van der Waals surface area contributed by atoms with Gasteiger partial charge in [-0.25, -0.2) is 9.69 Å². The molecule has 1 unspecified atom stereocenters. The van der Waals surface area contributed by atoms with E-state index >= 15 is 0 Å². The molecule has 0 spiro atoms. The first kappa shape index (κ1) is 19.6. The van der Waals surface area contributed by atoms with Gasteiger partial charge in [-0.3, -0.25) is 4.79 Å². The number of nitrogens with zero attached hydrogens (tertiary/aromatic N) is 2. The molecule has 1 atom stereocenters. The fraction of sp³-hybridized carbons (Fsp3) is 0.318. The minimum Gasteiger partial charge on any atom is -0.369 e. The van der Waals surface area contributed by atoms with Gasteiger partial charge >= 0.3 is 6.03 Å². The van der Waals surface area contributed by atoms with Crippen molar-refractivity contribution in [2.75, 3.05) is 0 Å². The summed E-state index contributed by atoms with van der Waals surface area (Å²) in [4.78, 5) is 32.2. The van der Waals surface area contributed by atoms with Crippen molar-refractivity contribution in [2.45, 2.75) is 39.5 Å². The summed E-state index contributed by atoms with van der Waals surface area (Å²) in [5.74, 6) is -0.219. The number of imide groups is 1. The Kier molecular flexibility index (Phi) is 6.09. The molecule has 0 aliphatic carbocycles. The maximum Gasteiger partial charge on any atom is 0.327 e. The highest BCUT2D eigenvalue weighted by Gasteiger charge is 2.63. The van der Waals surface area contributed by atoms with E-state index in [9.17, 15) is 9.59 Å². The molecule has 146 valence electrons. The number of hydrogen-bond acceptors (Lipinski definition) is 4. The maximum absolute atomic E-state index is 12.8. The monoisotopic (exact) mass is 379 g/mol. The van der Waals surface area contributed by atoms with Crippen LogP contribution in [0.5, 0.6) is 0 Å². The van der Waals surface area contributed by atoms with Crippen LogP contribution in [0.1, 0.15) is 37.8 Å². The molecule has 3 rings (SSSR count). The van der Waals surface area contributed by atoms with Gasteiger partial charge in [-0.15, -0.1) is 0 Å². The van der Waals surface area contributed by atoms with E-state index in [1.54, 1.807) is 6.21 Å². The van der Waals surface area contributed by atoms with Gasteiger partial charge in [0.1, 0.15) is 5.41 Å². The Bertz CT molecular complexity index is 833. The normalized spacial score (nSPS) is 18.0. The summed E-state index contributed by atoms with van der Waals surface area (Å²) < 4.78 is 0. The number of rotatable bonds is 7. The predicted octanol–water partition coefficient (Wildman–Crippen LogP) is 3.92. The van der Waals surface area contributed by atoms with Crippen LogP contribution in [0, 0.1) is 5.41 Å². The topological polar surface area (TPSA) is 71.0 Å². The van der Waals surface area contributed by atoms with E-state index in [-0.39, 0.29) is 5.91 Å². The van der Waals surface area contributed by atoms with E-state index in [1.807, 2.05) is 74.5 Å². The van der Waals surface area contributed by atoms with Gasteiger partial charge in [-0.05, 0) is 24.0 Å². The van der Waals surface area contributed by atoms with Gasteiger partial charge in [-0.2, -0.15) is 0 Å². The Morgan fingerprint density at radius 3 is 2.32 bits per heavy atom. The largest absolute Gasteiger partial charge is 0.369 e. The standard InChI is InChI=1S/C22H25N3O3/c1-3-22(4-2)19(26)25(21(27)23-15-17-11-7-5-8-12-17)20(22)28-24-16-18-13-9-6-10-14-18/h5-14,16,20H,3-4,15H2,1-2H3,(H,23,27)/b24-16+. The van der Waals surface area contributed by atoms with Gasteiger partial charge in [-0.1, -0.05) is 79.7 Å². The van der Waals surface area contributed by atoms with Crippen LogP contribution in [0.3, 0.4) is 0 Å². The van der Waals surface area contributed by atoms with Crippen LogP contribution in [0.15, 0.2) is 65.8 Å². The van der Waals surface area contributed by atoms with Crippen molar-refractivity contribution in [1.82, 2.24) is 10.2 Å². The van der Waals surface area contributed by atoms with Crippen molar-refractivity contribution in [3.05, 3.63) is 71.8 Å². The molecule has 1 heterocycles. The van der Waals surface area contributed by atoms with Crippen molar-refractivity contribution in [2.24, 2.45) is 10.6 Å². The lowest BCUT2D eigenvalue weighted by Gasteiger charge is -2.51. The molecule has 1 fully saturated rings. The Hall–Kier alpha value is -3.15. The molecule has 1 aliphatic rings. The third kappa shape index (κ3) is 3.76. The fourth-order valence-electron chi connectivity index (χ4n) is 3.43. The van der Waals surface area contributed by atoms with E-state index in [0.29, 0.717) is 19.4 Å². The number of likely N-dealkylation sites (tertiary alicyclic amines) is 1. The number of benzene rings is 2. The zero-order valence-electron chi connectivity index (χ0n) is 16.2. The lowest BCUT2D eigenvalue weighted by molar-refractivity contribution is -0.210. The van der Waals surface area contributed by atoms with Crippen molar-refractivity contribution >= 4 is 18.2 Å². The van der Waals surface area contributed by atoms with Gasteiger partial charge in [0.05, 0.1) is 6.21 Å². The summed E-state index contributed by atoms with van der Waals surface area (Å²) in [7, 11) is 0. The second-order valence-electron chi connectivity index (χ2n) is 6.79. The van der Waals surface area contributed by atoms with Gasteiger partial charge in [0.25, 0.3) is 0 Å². The zero-order valence-corrected chi connectivity index (χ0v) is 16.2. The summed E-state index contributed by atoms with van der Waals surface area (Å²) in [6.45, 7) is 4.20. The van der Waals surface area contributed by atoms with Gasteiger partial charge < -0.3 is 10.2 Å². The van der Waals surface area contributed by atoms with E-state index < -0.39 is 17.7 Å². The Labute approximate surface area is 165 Å². The summed E-state index contributed by atoms with van der Waals surface area (Å²) in [6, 6.07) is 18.6. The third-order valence-corrected chi connectivity index (χ3v) is 5.28. The van der Waals surface area contributed by atoms with E-state index in [0.717, 1.165) is 16.0 Å². The quantitative estimate of drug-likeness (QED) is 0.450. The average Bonchev–Trinajstić information content (AvgIpc) is 2.74. The third-order valence-electron chi connectivity index (χ3n) is 5.28. The summed E-state index contributed by atoms with van der Waals surface area (Å²) >= 11 is 0. The zero-order chi connectivity index (χ0) is 20.0. The average molecular weight is 379 g/mol. The second kappa shape index (κ2) is 8.69. The molecular formula is C22H25N3O3. The molecule has 1 aliphatic heterocycles. The lowest BCUT2D eigenvalue weighted by Crippen LogP contribution is -2.72. The Balaban J connectivity index is 1.70. The van der Waals surface area contributed by atoms with Crippen LogP contribution in [-0.4, -0.2) is 29.3 Å². The van der Waals surface area contributed by atoms with Crippen molar-refractivity contribution in [1.29, 1.82) is 0 Å². The first-order chi connectivity index (χ1) is 13.6. The van der Waals surface area contributed by atoms with Crippen LogP contribution in [-0.2, 0) is 16.2 Å². The van der Waals surface area contributed by atoms with Crippen molar-refractivity contribution in [3.63, 3.8) is 0 Å². The molecule has 3 amide bonds. The smallest absolute Gasteiger partial charge is 0.327 e. The molecule has 2 aromatic carbocycles. The number of urea groups is 1. The number of carbonyl (C=O) groups is 2. The number of carbonyl (C=O) groups excluding carboxylic acids is 2. The summed E-state index contributed by atoms with van der Waals surface area (Å²) in [5, 5.41) is 6.83. The molecule has 0 bridgehead atoms. The summed E-state index contributed by atoms with van der Waals surface area (Å²) in [6.07, 6.45) is 2.02. The minimum absolute atomic E-state index is 0.219. The number of hydrogen-bond donors (Lipinski definition) is 1. The Morgan fingerprint density at radius 1 is 1.11 bits per heavy atom. The van der Waals surface area contributed by atoms with E-state index in [4.69, 9.17) is 4.84 Å². The second-order valence-corrected chi connectivity index (χ2v) is 6.79. The number of β-lactam (4-membered cyclic amide) rings is 1. The van der Waals surface area contributed by atoms with Gasteiger partial charge in [0.15, 0.2) is 0 Å². The maximum atomic E-state index is 12.8. The van der Waals surface area contributed by atoms with Crippen LogP contribution in [0.2, 0.25) is 0 Å². The van der Waals surface area contributed by atoms with Crippen molar-refractivity contribution in [3.8, 4) is 0 Å². The van der Waals surface area contributed by atoms with E-state index in [1.165, 1.54) is 0 Å². The predicted molar refractivity (Wildman–Crippen MR) is 107 cm³/mol. The number of amides is 3. The lowest BCUT2D eigenvalue weighted by atomic mass is 9.72. The van der Waals surface area contributed by atoms with Crippen LogP contribution in [0.25, 0.3) is 0 Å². The molecular weight excluding hydrogens is 354 g/mol. The van der Waals surface area contributed by atoms with Gasteiger partial charge in [0.2, 0.25) is 12.1 Å². The molecule has 0 aromatic heterocycles. The Morgan fingerprint density at radius 2 is 1.71 bits per heavy atom. The molecule has 6 nitrogen and oxygen atoms in total. The van der Waals surface area contributed by atoms with E-state index in [2.05, 4.69) is 10.5 Å². The first-order valence-corrected chi connectivity index (χ1v) is 9.52. The number of nitrogens with one attached hydrogen (secondary N) is 1. The first-order valence-electron chi connectivity index (χ1n) is 9.52. The van der Waals surface area contributed by atoms with Crippen molar-refractivity contribution < 1.29 is 14.4 Å². The molecule has 28 heavy (non-hydrogen) atoms. The molecule has 0 saturated carbocycles.